The molecule has 3 aliphatic rings. The Morgan fingerprint density at radius 1 is 1.04 bits per heavy atom. The molecule has 3 N–H and O–H groups in total. The van der Waals surface area contributed by atoms with Gasteiger partial charge in [0.2, 0.25) is 5.91 Å². The average molecular weight is 350 g/mol. The Bertz CT molecular complexity index is 811. The SMILES string of the molecule is O=C([C@H]1CCCN1)N1CCC2NNC(c3cccc4ccccc34)C2C1. The molecule has 26 heavy (non-hydrogen) atoms. The van der Waals surface area contributed by atoms with Crippen LogP contribution < -0.4 is 16.2 Å². The lowest BCUT2D eigenvalue weighted by atomic mass is 9.83. The molecule has 0 radical (unpaired) electrons. The first-order valence-electron chi connectivity index (χ1n) is 9.82. The molecule has 1 amide bonds. The van der Waals surface area contributed by atoms with Crippen LogP contribution in [0.3, 0.4) is 0 Å². The lowest BCUT2D eigenvalue weighted by Crippen LogP contribution is -2.52. The number of hydrogen-bond acceptors (Lipinski definition) is 4. The number of carbonyl (C=O) groups is 1. The summed E-state index contributed by atoms with van der Waals surface area (Å²) in [4.78, 5) is 15.0. The van der Waals surface area contributed by atoms with Gasteiger partial charge in [-0.25, -0.2) is 5.43 Å². The highest BCUT2D eigenvalue weighted by atomic mass is 16.2. The second-order valence-corrected chi connectivity index (χ2v) is 7.83. The van der Waals surface area contributed by atoms with E-state index in [0.717, 1.165) is 38.9 Å². The predicted molar refractivity (Wildman–Crippen MR) is 102 cm³/mol. The van der Waals surface area contributed by atoms with Gasteiger partial charge in [-0.05, 0) is 42.1 Å². The zero-order valence-electron chi connectivity index (χ0n) is 14.9. The number of hydrogen-bond donors (Lipinski definition) is 3. The molecule has 3 fully saturated rings. The molecule has 0 saturated carbocycles. The van der Waals surface area contributed by atoms with Crippen LogP contribution in [-0.4, -0.2) is 42.5 Å². The van der Waals surface area contributed by atoms with Crippen molar-refractivity contribution in [1.82, 2.24) is 21.1 Å². The van der Waals surface area contributed by atoms with Crippen LogP contribution in [0, 0.1) is 5.92 Å². The second-order valence-electron chi connectivity index (χ2n) is 7.83. The minimum absolute atomic E-state index is 0.0323. The van der Waals surface area contributed by atoms with E-state index in [2.05, 4.69) is 63.5 Å². The summed E-state index contributed by atoms with van der Waals surface area (Å²) < 4.78 is 0. The first-order chi connectivity index (χ1) is 12.8. The molecule has 3 aliphatic heterocycles. The molecule has 5 nitrogen and oxygen atoms in total. The van der Waals surface area contributed by atoms with E-state index < -0.39 is 0 Å². The van der Waals surface area contributed by atoms with Crippen molar-refractivity contribution >= 4 is 16.7 Å². The molecule has 2 aromatic rings. The standard InChI is InChI=1S/C21H26N4O/c26-21(19-9-4-11-22-19)25-12-10-18-17(13-25)20(24-23-18)16-8-3-6-14-5-1-2-7-15(14)16/h1-3,5-8,17-20,22-24H,4,9-13H2/t17?,18?,19-,20?/m1/s1. The number of fused-ring (bicyclic) bond motifs is 2. The highest BCUT2D eigenvalue weighted by Crippen LogP contribution is 2.37. The van der Waals surface area contributed by atoms with Crippen molar-refractivity contribution in [2.24, 2.45) is 5.92 Å². The molecule has 3 saturated heterocycles. The van der Waals surface area contributed by atoms with Gasteiger partial charge in [-0.1, -0.05) is 42.5 Å². The van der Waals surface area contributed by atoms with Crippen molar-refractivity contribution in [1.29, 1.82) is 0 Å². The van der Waals surface area contributed by atoms with Gasteiger partial charge in [-0.15, -0.1) is 0 Å². The number of benzene rings is 2. The predicted octanol–water partition coefficient (Wildman–Crippen LogP) is 1.96. The lowest BCUT2D eigenvalue weighted by molar-refractivity contribution is -0.135. The highest BCUT2D eigenvalue weighted by molar-refractivity contribution is 5.86. The number of likely N-dealkylation sites (tertiary alicyclic amines) is 1. The summed E-state index contributed by atoms with van der Waals surface area (Å²) in [7, 11) is 0. The number of hydrazine groups is 1. The molecule has 5 rings (SSSR count). The third kappa shape index (κ3) is 2.71. The summed E-state index contributed by atoms with van der Waals surface area (Å²) in [6.07, 6.45) is 3.10. The third-order valence-electron chi connectivity index (χ3n) is 6.34. The summed E-state index contributed by atoms with van der Waals surface area (Å²) in [6, 6.07) is 15.8. The summed E-state index contributed by atoms with van der Waals surface area (Å²) in [5.74, 6) is 0.699. The fourth-order valence-corrected chi connectivity index (χ4v) is 4.95. The summed E-state index contributed by atoms with van der Waals surface area (Å²) in [5.41, 5.74) is 8.36. The van der Waals surface area contributed by atoms with Crippen LogP contribution in [0.5, 0.6) is 0 Å². The Labute approximate surface area is 154 Å². The van der Waals surface area contributed by atoms with E-state index in [1.54, 1.807) is 0 Å². The van der Waals surface area contributed by atoms with Gasteiger partial charge in [-0.3, -0.25) is 10.2 Å². The monoisotopic (exact) mass is 350 g/mol. The fraction of sp³-hybridized carbons (Fsp3) is 0.476. The number of nitrogens with zero attached hydrogens (tertiary/aromatic N) is 1. The Morgan fingerprint density at radius 3 is 2.81 bits per heavy atom. The minimum Gasteiger partial charge on any atom is -0.341 e. The number of carbonyl (C=O) groups excluding carboxylic acids is 1. The summed E-state index contributed by atoms with van der Waals surface area (Å²) in [6.45, 7) is 2.66. The molecule has 0 spiro atoms. The molecule has 136 valence electrons. The quantitative estimate of drug-likeness (QED) is 0.775. The third-order valence-corrected chi connectivity index (χ3v) is 6.34. The topological polar surface area (TPSA) is 56.4 Å². The van der Waals surface area contributed by atoms with E-state index in [0.29, 0.717) is 17.9 Å². The molecule has 2 aromatic carbocycles. The van der Waals surface area contributed by atoms with Crippen molar-refractivity contribution in [3.05, 3.63) is 48.0 Å². The van der Waals surface area contributed by atoms with Crippen LogP contribution in [-0.2, 0) is 4.79 Å². The Hall–Kier alpha value is -1.95. The molecule has 0 bridgehead atoms. The van der Waals surface area contributed by atoms with Gasteiger partial charge in [-0.2, -0.15) is 0 Å². The highest BCUT2D eigenvalue weighted by Gasteiger charge is 2.43. The minimum atomic E-state index is 0.0323. The van der Waals surface area contributed by atoms with E-state index in [4.69, 9.17) is 0 Å². The van der Waals surface area contributed by atoms with E-state index in [1.165, 1.54) is 16.3 Å². The van der Waals surface area contributed by atoms with Crippen LogP contribution in [0.4, 0.5) is 0 Å². The Kier molecular flexibility index (Phi) is 4.15. The van der Waals surface area contributed by atoms with Gasteiger partial charge >= 0.3 is 0 Å². The Balaban J connectivity index is 1.41. The van der Waals surface area contributed by atoms with Gasteiger partial charge in [0.1, 0.15) is 0 Å². The largest absolute Gasteiger partial charge is 0.341 e. The zero-order chi connectivity index (χ0) is 17.5. The average Bonchev–Trinajstić information content (AvgIpc) is 3.36. The normalized spacial score (nSPS) is 31.3. The van der Waals surface area contributed by atoms with E-state index >= 15 is 0 Å². The number of nitrogens with one attached hydrogen (secondary N) is 3. The van der Waals surface area contributed by atoms with E-state index in [-0.39, 0.29) is 12.1 Å². The molecule has 0 aliphatic carbocycles. The van der Waals surface area contributed by atoms with Crippen LogP contribution in [0.25, 0.3) is 10.8 Å². The molecule has 5 heteroatoms. The number of piperidine rings is 1. The van der Waals surface area contributed by atoms with Crippen LogP contribution in [0.15, 0.2) is 42.5 Å². The summed E-state index contributed by atoms with van der Waals surface area (Å²) in [5, 5.41) is 5.93. The Morgan fingerprint density at radius 2 is 1.92 bits per heavy atom. The first kappa shape index (κ1) is 16.2. The van der Waals surface area contributed by atoms with Gasteiger partial charge in [0.25, 0.3) is 0 Å². The maximum Gasteiger partial charge on any atom is 0.239 e. The zero-order valence-corrected chi connectivity index (χ0v) is 14.9. The van der Waals surface area contributed by atoms with Crippen molar-refractivity contribution in [3.8, 4) is 0 Å². The van der Waals surface area contributed by atoms with Crippen LogP contribution in [0.1, 0.15) is 30.9 Å². The molecule has 3 unspecified atom stereocenters. The molecule has 0 aromatic heterocycles. The van der Waals surface area contributed by atoms with Gasteiger partial charge in [0, 0.05) is 25.0 Å². The molecular weight excluding hydrogens is 324 g/mol. The van der Waals surface area contributed by atoms with Crippen molar-refractivity contribution < 1.29 is 4.79 Å². The first-order valence-corrected chi connectivity index (χ1v) is 9.82. The lowest BCUT2D eigenvalue weighted by Gasteiger charge is -2.37. The maximum atomic E-state index is 12.9. The smallest absolute Gasteiger partial charge is 0.239 e. The van der Waals surface area contributed by atoms with Gasteiger partial charge < -0.3 is 10.2 Å². The fourth-order valence-electron chi connectivity index (χ4n) is 4.95. The van der Waals surface area contributed by atoms with Crippen molar-refractivity contribution in [2.75, 3.05) is 19.6 Å². The molecular formula is C21H26N4O. The van der Waals surface area contributed by atoms with Crippen molar-refractivity contribution in [3.63, 3.8) is 0 Å². The van der Waals surface area contributed by atoms with Crippen LogP contribution in [0.2, 0.25) is 0 Å². The molecule has 4 atom stereocenters. The van der Waals surface area contributed by atoms with Crippen molar-refractivity contribution in [2.45, 2.75) is 37.4 Å². The van der Waals surface area contributed by atoms with E-state index in [1.807, 2.05) is 0 Å². The van der Waals surface area contributed by atoms with Gasteiger partial charge in [0.05, 0.1) is 12.1 Å². The maximum absolute atomic E-state index is 12.9. The van der Waals surface area contributed by atoms with Gasteiger partial charge in [0.15, 0.2) is 0 Å². The summed E-state index contributed by atoms with van der Waals surface area (Å²) >= 11 is 0. The van der Waals surface area contributed by atoms with E-state index in [9.17, 15) is 4.79 Å². The molecule has 3 heterocycles. The second kappa shape index (κ2) is 6.65. The van der Waals surface area contributed by atoms with Crippen LogP contribution >= 0.6 is 0 Å². The number of amides is 1. The number of rotatable bonds is 2.